The summed E-state index contributed by atoms with van der Waals surface area (Å²) in [6.07, 6.45) is 10.7. The zero-order valence-electron chi connectivity index (χ0n) is 14.1. The van der Waals surface area contributed by atoms with Gasteiger partial charge in [0.25, 0.3) is 0 Å². The zero-order valence-corrected chi connectivity index (χ0v) is 14.1. The van der Waals surface area contributed by atoms with E-state index in [0.29, 0.717) is 13.1 Å². The number of piperidine rings is 1. The number of hydrogen-bond acceptors (Lipinski definition) is 5. The number of β-amino-alcohol motifs (C(OH)–C–C–N with tert-alkyl or cyclic N) is 1. The van der Waals surface area contributed by atoms with Gasteiger partial charge >= 0.3 is 0 Å². The van der Waals surface area contributed by atoms with Gasteiger partial charge in [0.05, 0.1) is 24.7 Å². The Balaban J connectivity index is 1.40. The van der Waals surface area contributed by atoms with Gasteiger partial charge in [-0.2, -0.15) is 0 Å². The van der Waals surface area contributed by atoms with E-state index in [1.54, 1.807) is 29.6 Å². The van der Waals surface area contributed by atoms with Crippen LogP contribution in [0, 0.1) is 0 Å². The number of imidazole rings is 1. The molecule has 1 saturated heterocycles. The fourth-order valence-corrected chi connectivity index (χ4v) is 3.53. The fourth-order valence-electron chi connectivity index (χ4n) is 3.53. The summed E-state index contributed by atoms with van der Waals surface area (Å²) in [7, 11) is 0. The smallest absolute Gasteiger partial charge is 0.0991 e. The highest BCUT2D eigenvalue weighted by Gasteiger charge is 2.33. The molecule has 3 heterocycles. The lowest BCUT2D eigenvalue weighted by Gasteiger charge is -2.39. The number of likely N-dealkylation sites (tertiary alicyclic amines) is 1. The van der Waals surface area contributed by atoms with Gasteiger partial charge in [-0.15, -0.1) is 5.10 Å². The molecule has 1 N–H and O–H groups in total. The first-order valence-corrected chi connectivity index (χ1v) is 8.56. The summed E-state index contributed by atoms with van der Waals surface area (Å²) in [6, 6.07) is 8.48. The third kappa shape index (κ3) is 3.78. The summed E-state index contributed by atoms with van der Waals surface area (Å²) in [5.41, 5.74) is 1.60. The van der Waals surface area contributed by atoms with E-state index in [-0.39, 0.29) is 0 Å². The van der Waals surface area contributed by atoms with Crippen molar-refractivity contribution in [2.24, 2.45) is 0 Å². The molecule has 0 spiro atoms. The Labute approximate surface area is 146 Å². The molecule has 1 aliphatic heterocycles. The minimum Gasteiger partial charge on any atom is -0.387 e. The number of hydrogen-bond donors (Lipinski definition) is 1. The van der Waals surface area contributed by atoms with Crippen molar-refractivity contribution in [1.29, 1.82) is 0 Å². The van der Waals surface area contributed by atoms with E-state index >= 15 is 0 Å². The summed E-state index contributed by atoms with van der Waals surface area (Å²) in [5.74, 6) is 0. The van der Waals surface area contributed by atoms with Gasteiger partial charge in [0.15, 0.2) is 0 Å². The highest BCUT2D eigenvalue weighted by molar-refractivity contribution is 5.34. The molecule has 0 bridgehead atoms. The molecular weight excluding hydrogens is 316 g/mol. The van der Waals surface area contributed by atoms with Gasteiger partial charge in [0.2, 0.25) is 0 Å². The number of rotatable bonds is 5. The molecule has 4 rings (SSSR count). The molecule has 130 valence electrons. The van der Waals surface area contributed by atoms with Crippen molar-refractivity contribution in [2.75, 3.05) is 13.1 Å². The molecule has 0 amide bonds. The molecule has 0 saturated carbocycles. The van der Waals surface area contributed by atoms with Gasteiger partial charge in [0.1, 0.15) is 0 Å². The molecule has 3 aromatic rings. The van der Waals surface area contributed by atoms with E-state index in [0.717, 1.165) is 31.6 Å². The number of benzene rings is 1. The van der Waals surface area contributed by atoms with Crippen LogP contribution in [0.2, 0.25) is 0 Å². The second kappa shape index (κ2) is 6.78. The van der Waals surface area contributed by atoms with Crippen molar-refractivity contribution in [1.82, 2.24) is 29.4 Å². The maximum atomic E-state index is 10.9. The summed E-state index contributed by atoms with van der Waals surface area (Å²) in [6.45, 7) is 2.98. The number of nitrogens with zero attached hydrogens (tertiary/aromatic N) is 6. The predicted octanol–water partition coefficient (Wildman–Crippen LogP) is 1.49. The topological polar surface area (TPSA) is 72.0 Å². The average molecular weight is 338 g/mol. The Hall–Kier alpha value is -2.51. The third-order valence-electron chi connectivity index (χ3n) is 4.71. The van der Waals surface area contributed by atoms with E-state index in [4.69, 9.17) is 0 Å². The Kier molecular flexibility index (Phi) is 4.33. The second-order valence-corrected chi connectivity index (χ2v) is 6.78. The first-order chi connectivity index (χ1) is 12.2. The molecule has 0 aliphatic carbocycles. The zero-order chi connectivity index (χ0) is 17.1. The minimum atomic E-state index is -0.747. The van der Waals surface area contributed by atoms with Crippen molar-refractivity contribution >= 4 is 0 Å². The van der Waals surface area contributed by atoms with Crippen molar-refractivity contribution in [2.45, 2.75) is 31.5 Å². The van der Waals surface area contributed by atoms with Crippen LogP contribution in [0.3, 0.4) is 0 Å². The van der Waals surface area contributed by atoms with Crippen LogP contribution >= 0.6 is 0 Å². The van der Waals surface area contributed by atoms with Crippen LogP contribution < -0.4 is 0 Å². The quantitative estimate of drug-likeness (QED) is 0.763. The van der Waals surface area contributed by atoms with Crippen LogP contribution in [-0.2, 0) is 13.1 Å². The van der Waals surface area contributed by atoms with Crippen molar-refractivity contribution in [3.8, 4) is 5.69 Å². The van der Waals surface area contributed by atoms with Crippen LogP contribution in [0.1, 0.15) is 18.4 Å². The minimum absolute atomic E-state index is 0.489. The van der Waals surface area contributed by atoms with Crippen LogP contribution in [0.5, 0.6) is 0 Å². The molecule has 1 aromatic carbocycles. The lowest BCUT2D eigenvalue weighted by Crippen LogP contribution is -2.50. The summed E-state index contributed by atoms with van der Waals surface area (Å²) >= 11 is 0. The Morgan fingerprint density at radius 2 is 2.00 bits per heavy atom. The Bertz CT molecular complexity index is 784. The molecule has 2 aromatic heterocycles. The van der Waals surface area contributed by atoms with Gasteiger partial charge < -0.3 is 9.67 Å². The molecule has 1 fully saturated rings. The average Bonchev–Trinajstić information content (AvgIpc) is 3.29. The van der Waals surface area contributed by atoms with Gasteiger partial charge in [-0.05, 0) is 37.1 Å². The van der Waals surface area contributed by atoms with Gasteiger partial charge in [-0.25, -0.2) is 9.67 Å². The fraction of sp³-hybridized carbons (Fsp3) is 0.389. The monoisotopic (exact) mass is 338 g/mol. The number of aliphatic hydroxyl groups is 1. The molecule has 1 unspecified atom stereocenters. The highest BCUT2D eigenvalue weighted by atomic mass is 16.3. The van der Waals surface area contributed by atoms with Gasteiger partial charge in [0, 0.05) is 37.4 Å². The highest BCUT2D eigenvalue weighted by Crippen LogP contribution is 2.24. The molecular formula is C18H22N6O. The second-order valence-electron chi connectivity index (χ2n) is 6.78. The maximum absolute atomic E-state index is 10.9. The van der Waals surface area contributed by atoms with Crippen LogP contribution in [-0.4, -0.2) is 53.2 Å². The summed E-state index contributed by atoms with van der Waals surface area (Å²) in [4.78, 5) is 6.39. The maximum Gasteiger partial charge on any atom is 0.0991 e. The lowest BCUT2D eigenvalue weighted by molar-refractivity contribution is -0.0478. The number of aromatic nitrogens is 5. The molecule has 7 nitrogen and oxygen atoms in total. The lowest BCUT2D eigenvalue weighted by atomic mass is 9.92. The molecule has 25 heavy (non-hydrogen) atoms. The van der Waals surface area contributed by atoms with Gasteiger partial charge in [-0.3, -0.25) is 4.90 Å². The van der Waals surface area contributed by atoms with Crippen LogP contribution in [0.4, 0.5) is 0 Å². The molecule has 1 aliphatic rings. The molecule has 7 heteroatoms. The molecule has 0 radical (unpaired) electrons. The van der Waals surface area contributed by atoms with E-state index in [1.807, 2.05) is 10.8 Å². The Morgan fingerprint density at radius 1 is 1.12 bits per heavy atom. The van der Waals surface area contributed by atoms with Crippen LogP contribution in [0.25, 0.3) is 5.69 Å². The van der Waals surface area contributed by atoms with E-state index in [1.165, 1.54) is 5.56 Å². The summed E-state index contributed by atoms with van der Waals surface area (Å²) < 4.78 is 3.70. The first kappa shape index (κ1) is 16.0. The molecule has 1 atom stereocenters. The van der Waals surface area contributed by atoms with Crippen molar-refractivity contribution < 1.29 is 5.11 Å². The SMILES string of the molecule is OC1(Cn2ccnn2)CCCN(Cc2ccc(-n3ccnc3)cc2)C1. The largest absolute Gasteiger partial charge is 0.387 e. The van der Waals surface area contributed by atoms with Crippen molar-refractivity contribution in [3.05, 3.63) is 60.9 Å². The normalized spacial score (nSPS) is 21.5. The van der Waals surface area contributed by atoms with E-state index in [2.05, 4.69) is 44.5 Å². The first-order valence-electron chi connectivity index (χ1n) is 8.56. The van der Waals surface area contributed by atoms with Gasteiger partial charge in [-0.1, -0.05) is 17.3 Å². The standard InChI is InChI=1S/C18H22N6O/c25-18(14-24-11-8-20-21-24)6-1-9-22(13-18)12-16-2-4-17(5-3-16)23-10-7-19-15-23/h2-5,7-8,10-11,15,25H,1,6,9,12-14H2. The summed E-state index contributed by atoms with van der Waals surface area (Å²) in [5, 5.41) is 18.7. The van der Waals surface area contributed by atoms with E-state index < -0.39 is 5.60 Å². The van der Waals surface area contributed by atoms with Crippen molar-refractivity contribution in [3.63, 3.8) is 0 Å². The third-order valence-corrected chi connectivity index (χ3v) is 4.71. The predicted molar refractivity (Wildman–Crippen MR) is 93.0 cm³/mol. The van der Waals surface area contributed by atoms with Crippen LogP contribution in [0.15, 0.2) is 55.4 Å². The Morgan fingerprint density at radius 3 is 2.72 bits per heavy atom. The van der Waals surface area contributed by atoms with E-state index in [9.17, 15) is 5.11 Å².